The molecule has 0 unspecified atom stereocenters. The van der Waals surface area contributed by atoms with Crippen molar-refractivity contribution in [1.29, 1.82) is 0 Å². The van der Waals surface area contributed by atoms with Gasteiger partial charge in [-0.15, -0.1) is 0 Å². The van der Waals surface area contributed by atoms with Crippen LogP contribution < -0.4 is 0 Å². The smallest absolute Gasteiger partial charge is 0.292 e. The van der Waals surface area contributed by atoms with Crippen molar-refractivity contribution in [2.45, 2.75) is 33.0 Å². The first kappa shape index (κ1) is 11.4. The van der Waals surface area contributed by atoms with Crippen molar-refractivity contribution < 1.29 is 9.53 Å². The minimum Gasteiger partial charge on any atom is -0.472 e. The number of hydrogen-bond acceptors (Lipinski definition) is 2. The lowest BCUT2D eigenvalue weighted by atomic mass is 10.3. The zero-order valence-electron chi connectivity index (χ0n) is 8.39. The van der Waals surface area contributed by atoms with Crippen LogP contribution in [0.5, 0.6) is 0 Å². The summed E-state index contributed by atoms with van der Waals surface area (Å²) in [5.74, 6) is 0. The molecule has 2 nitrogen and oxygen atoms in total. The molecule has 70 valence electrons. The Bertz CT molecular complexity index is 169. The number of carbonyl (C=O) groups is 1. The Morgan fingerprint density at radius 3 is 2.42 bits per heavy atom. The molecule has 0 saturated carbocycles. The van der Waals surface area contributed by atoms with E-state index in [-0.39, 0.29) is 0 Å². The third-order valence-corrected chi connectivity index (χ3v) is 3.86. The van der Waals surface area contributed by atoms with Crippen molar-refractivity contribution in [1.82, 2.24) is 0 Å². The molecule has 0 aromatic heterocycles. The molecule has 0 rings (SSSR count). The molecule has 0 aliphatic heterocycles. The fourth-order valence-corrected chi connectivity index (χ4v) is 2.40. The molecule has 0 aromatic rings. The maximum atomic E-state index is 9.97. The van der Waals surface area contributed by atoms with E-state index in [2.05, 4.69) is 33.0 Å². The lowest BCUT2D eigenvalue weighted by Gasteiger charge is -2.18. The van der Waals surface area contributed by atoms with Gasteiger partial charge in [-0.2, -0.15) is 0 Å². The third-order valence-electron chi connectivity index (χ3n) is 1.61. The normalized spacial score (nSPS) is 10.7. The number of allylic oxidation sites excluding steroid dienone is 2. The van der Waals surface area contributed by atoms with E-state index in [9.17, 15) is 4.79 Å². The second kappa shape index (κ2) is 5.14. The van der Waals surface area contributed by atoms with Crippen molar-refractivity contribution in [3.63, 3.8) is 0 Å². The molecule has 0 spiro atoms. The van der Waals surface area contributed by atoms with E-state index in [1.807, 2.05) is 0 Å². The standard InChI is InChI=1S/C9H18O2Si/c1-9(2)5-6-12(3,4)8-11-7-10/h5,7H,6,8H2,1-4H3. The minimum atomic E-state index is -1.32. The zero-order valence-corrected chi connectivity index (χ0v) is 9.39. The van der Waals surface area contributed by atoms with Crippen LogP contribution in [-0.2, 0) is 9.53 Å². The number of hydrogen-bond donors (Lipinski definition) is 0. The molecule has 0 atom stereocenters. The van der Waals surface area contributed by atoms with E-state index < -0.39 is 8.07 Å². The molecular weight excluding hydrogens is 168 g/mol. The van der Waals surface area contributed by atoms with Gasteiger partial charge < -0.3 is 4.74 Å². The van der Waals surface area contributed by atoms with Crippen LogP contribution >= 0.6 is 0 Å². The Hall–Kier alpha value is -0.573. The van der Waals surface area contributed by atoms with E-state index in [0.717, 1.165) is 6.04 Å². The summed E-state index contributed by atoms with van der Waals surface area (Å²) in [6, 6.07) is 1.09. The molecule has 0 amide bonds. The van der Waals surface area contributed by atoms with E-state index in [0.29, 0.717) is 12.7 Å². The lowest BCUT2D eigenvalue weighted by Crippen LogP contribution is -2.31. The summed E-state index contributed by atoms with van der Waals surface area (Å²) in [5.41, 5.74) is 1.33. The van der Waals surface area contributed by atoms with Crippen LogP contribution in [-0.4, -0.2) is 20.8 Å². The molecule has 0 saturated heterocycles. The SMILES string of the molecule is CC(C)=CC[Si](C)(C)COC=O. The molecule has 0 bridgehead atoms. The Labute approximate surface area is 75.6 Å². The lowest BCUT2D eigenvalue weighted by molar-refractivity contribution is -0.127. The molecule has 0 radical (unpaired) electrons. The first-order valence-electron chi connectivity index (χ1n) is 4.16. The highest BCUT2D eigenvalue weighted by Gasteiger charge is 2.19. The summed E-state index contributed by atoms with van der Waals surface area (Å²) in [6.45, 7) is 9.15. The van der Waals surface area contributed by atoms with Crippen LogP contribution in [0.2, 0.25) is 19.1 Å². The van der Waals surface area contributed by atoms with Gasteiger partial charge in [0.15, 0.2) is 0 Å². The first-order chi connectivity index (χ1) is 5.48. The molecule has 3 heteroatoms. The van der Waals surface area contributed by atoms with Gasteiger partial charge in [0.25, 0.3) is 6.47 Å². The first-order valence-corrected chi connectivity index (χ1v) is 7.58. The summed E-state index contributed by atoms with van der Waals surface area (Å²) in [5, 5.41) is 0. The fourth-order valence-electron chi connectivity index (χ4n) is 0.799. The largest absolute Gasteiger partial charge is 0.472 e. The van der Waals surface area contributed by atoms with Gasteiger partial charge in [0.1, 0.15) is 0 Å². The van der Waals surface area contributed by atoms with E-state index in [1.165, 1.54) is 5.57 Å². The predicted octanol–water partition coefficient (Wildman–Crippen LogP) is 2.37. The highest BCUT2D eigenvalue weighted by molar-refractivity contribution is 6.77. The average Bonchev–Trinajstić information content (AvgIpc) is 1.98. The van der Waals surface area contributed by atoms with E-state index in [4.69, 9.17) is 4.74 Å². The van der Waals surface area contributed by atoms with Gasteiger partial charge in [-0.05, 0) is 19.9 Å². The monoisotopic (exact) mass is 186 g/mol. The summed E-state index contributed by atoms with van der Waals surface area (Å²) in [7, 11) is -1.32. The highest BCUT2D eigenvalue weighted by atomic mass is 28.3. The highest BCUT2D eigenvalue weighted by Crippen LogP contribution is 2.11. The predicted molar refractivity (Wildman–Crippen MR) is 53.7 cm³/mol. The molecule has 0 heterocycles. The summed E-state index contributed by atoms with van der Waals surface area (Å²) < 4.78 is 4.78. The number of rotatable bonds is 5. The maximum absolute atomic E-state index is 9.97. The van der Waals surface area contributed by atoms with Crippen LogP contribution in [0.3, 0.4) is 0 Å². The van der Waals surface area contributed by atoms with Gasteiger partial charge in [-0.3, -0.25) is 4.79 Å². The van der Waals surface area contributed by atoms with Crippen LogP contribution in [0.15, 0.2) is 11.6 Å². The molecule has 0 fully saturated rings. The molecule has 0 aliphatic rings. The molecule has 12 heavy (non-hydrogen) atoms. The maximum Gasteiger partial charge on any atom is 0.292 e. The minimum absolute atomic E-state index is 0.539. The van der Waals surface area contributed by atoms with Crippen molar-refractivity contribution in [3.05, 3.63) is 11.6 Å². The van der Waals surface area contributed by atoms with E-state index >= 15 is 0 Å². The summed E-state index contributed by atoms with van der Waals surface area (Å²) >= 11 is 0. The molecule has 0 aromatic carbocycles. The van der Waals surface area contributed by atoms with Gasteiger partial charge in [-0.25, -0.2) is 0 Å². The summed E-state index contributed by atoms with van der Waals surface area (Å²) in [4.78, 5) is 9.97. The van der Waals surface area contributed by atoms with Gasteiger partial charge >= 0.3 is 0 Å². The average molecular weight is 186 g/mol. The van der Waals surface area contributed by atoms with Crippen molar-refractivity contribution in [2.75, 3.05) is 6.23 Å². The Morgan fingerprint density at radius 2 is 2.00 bits per heavy atom. The number of ether oxygens (including phenoxy) is 1. The second-order valence-corrected chi connectivity index (χ2v) is 9.08. The van der Waals surface area contributed by atoms with Crippen LogP contribution in [0.25, 0.3) is 0 Å². The fraction of sp³-hybridized carbons (Fsp3) is 0.667. The Morgan fingerprint density at radius 1 is 1.42 bits per heavy atom. The van der Waals surface area contributed by atoms with Crippen LogP contribution in [0.1, 0.15) is 13.8 Å². The van der Waals surface area contributed by atoms with Gasteiger partial charge in [0.05, 0.1) is 14.3 Å². The van der Waals surface area contributed by atoms with E-state index in [1.54, 1.807) is 0 Å². The van der Waals surface area contributed by atoms with Gasteiger partial charge in [-0.1, -0.05) is 24.7 Å². The topological polar surface area (TPSA) is 26.3 Å². The van der Waals surface area contributed by atoms with Crippen LogP contribution in [0.4, 0.5) is 0 Å². The zero-order chi connectivity index (χ0) is 9.61. The third kappa shape index (κ3) is 6.16. The Kier molecular flexibility index (Phi) is 4.89. The summed E-state index contributed by atoms with van der Waals surface area (Å²) in [6.07, 6.45) is 2.85. The quantitative estimate of drug-likeness (QED) is 0.374. The molecule has 0 N–H and O–H groups in total. The molecular formula is C9H18O2Si. The molecule has 0 aliphatic carbocycles. The van der Waals surface area contributed by atoms with Crippen LogP contribution in [0, 0.1) is 0 Å². The number of carbonyl (C=O) groups excluding carboxylic acids is 1. The van der Waals surface area contributed by atoms with Crippen molar-refractivity contribution >= 4 is 14.5 Å². The van der Waals surface area contributed by atoms with Crippen molar-refractivity contribution in [3.8, 4) is 0 Å². The Balaban J connectivity index is 3.86. The van der Waals surface area contributed by atoms with Gasteiger partial charge in [0, 0.05) is 0 Å². The van der Waals surface area contributed by atoms with Crippen molar-refractivity contribution in [2.24, 2.45) is 0 Å². The second-order valence-electron chi connectivity index (χ2n) is 4.06. The van der Waals surface area contributed by atoms with Gasteiger partial charge in [0.2, 0.25) is 0 Å².